The highest BCUT2D eigenvalue weighted by molar-refractivity contribution is 7.89. The van der Waals surface area contributed by atoms with Gasteiger partial charge >= 0.3 is 0 Å². The largest absolute Gasteiger partial charge is 0.370 e. The smallest absolute Gasteiger partial charge is 0.242 e. The highest BCUT2D eigenvalue weighted by atomic mass is 35.5. The standard InChI is InChI=1S/C13H18Cl2N2O3S/c14-11-2-3-12(15)13(10-11)21(18,19)16-4-1-5-17-6-8-20-9-7-17/h2-3,10,16H,1,4-9H2/p+1. The maximum atomic E-state index is 12.2. The molecule has 118 valence electrons. The number of hydrogen-bond donors (Lipinski definition) is 2. The van der Waals surface area contributed by atoms with Crippen LogP contribution in [0, 0.1) is 0 Å². The van der Waals surface area contributed by atoms with Crippen LogP contribution in [-0.2, 0) is 14.8 Å². The minimum Gasteiger partial charge on any atom is -0.370 e. The molecular formula is C13H19Cl2N2O3S+. The van der Waals surface area contributed by atoms with Crippen molar-refractivity contribution in [2.45, 2.75) is 11.3 Å². The summed E-state index contributed by atoms with van der Waals surface area (Å²) < 4.78 is 32.2. The molecule has 1 aromatic carbocycles. The lowest BCUT2D eigenvalue weighted by Gasteiger charge is -2.23. The Kier molecular flexibility index (Phi) is 6.28. The monoisotopic (exact) mass is 353 g/mol. The van der Waals surface area contributed by atoms with Gasteiger partial charge in [-0.25, -0.2) is 13.1 Å². The van der Waals surface area contributed by atoms with Gasteiger partial charge in [0, 0.05) is 18.0 Å². The van der Waals surface area contributed by atoms with Crippen LogP contribution in [0.3, 0.4) is 0 Å². The maximum absolute atomic E-state index is 12.2. The van der Waals surface area contributed by atoms with Gasteiger partial charge in [-0.1, -0.05) is 23.2 Å². The summed E-state index contributed by atoms with van der Waals surface area (Å²) >= 11 is 11.7. The molecule has 8 heteroatoms. The van der Waals surface area contributed by atoms with E-state index in [4.69, 9.17) is 27.9 Å². The Morgan fingerprint density at radius 1 is 1.24 bits per heavy atom. The molecule has 0 atom stereocenters. The molecule has 1 aliphatic rings. The summed E-state index contributed by atoms with van der Waals surface area (Å²) in [4.78, 5) is 1.47. The Morgan fingerprint density at radius 2 is 1.95 bits per heavy atom. The first-order valence-electron chi connectivity index (χ1n) is 6.85. The summed E-state index contributed by atoms with van der Waals surface area (Å²) in [6.45, 7) is 4.82. The second kappa shape index (κ2) is 7.76. The van der Waals surface area contributed by atoms with Crippen LogP contribution in [-0.4, -0.2) is 47.8 Å². The third-order valence-electron chi connectivity index (χ3n) is 3.38. The Bertz CT molecular complexity index is 575. The minimum absolute atomic E-state index is 0.0235. The lowest BCUT2D eigenvalue weighted by molar-refractivity contribution is -0.908. The number of morpholine rings is 1. The molecule has 1 fully saturated rings. The highest BCUT2D eigenvalue weighted by Gasteiger charge is 2.18. The zero-order chi connectivity index (χ0) is 15.3. The fourth-order valence-corrected chi connectivity index (χ4v) is 4.05. The van der Waals surface area contributed by atoms with Gasteiger partial charge in [0.05, 0.1) is 24.8 Å². The van der Waals surface area contributed by atoms with E-state index in [1.165, 1.54) is 17.0 Å². The van der Waals surface area contributed by atoms with Crippen molar-refractivity contribution in [3.05, 3.63) is 28.2 Å². The summed E-state index contributed by atoms with van der Waals surface area (Å²) in [5.74, 6) is 0. The number of rotatable bonds is 6. The van der Waals surface area contributed by atoms with Gasteiger partial charge in [-0.2, -0.15) is 0 Å². The van der Waals surface area contributed by atoms with Crippen LogP contribution in [0.4, 0.5) is 0 Å². The molecule has 1 aromatic rings. The van der Waals surface area contributed by atoms with Crippen molar-refractivity contribution < 1.29 is 18.1 Å². The number of quaternary nitrogens is 1. The molecular weight excluding hydrogens is 335 g/mol. The van der Waals surface area contributed by atoms with Gasteiger partial charge in [0.15, 0.2) is 0 Å². The normalized spacial score (nSPS) is 17.0. The van der Waals surface area contributed by atoms with Gasteiger partial charge in [-0.3, -0.25) is 0 Å². The third kappa shape index (κ3) is 5.09. The lowest BCUT2D eigenvalue weighted by atomic mass is 10.3. The Balaban J connectivity index is 1.85. The summed E-state index contributed by atoms with van der Waals surface area (Å²) in [7, 11) is -3.62. The van der Waals surface area contributed by atoms with Crippen LogP contribution in [0.15, 0.2) is 23.1 Å². The Labute approximate surface area is 135 Å². The number of sulfonamides is 1. The average Bonchev–Trinajstić information content (AvgIpc) is 2.47. The van der Waals surface area contributed by atoms with E-state index in [1.54, 1.807) is 6.07 Å². The fraction of sp³-hybridized carbons (Fsp3) is 0.538. The molecule has 0 radical (unpaired) electrons. The van der Waals surface area contributed by atoms with Crippen LogP contribution in [0.1, 0.15) is 6.42 Å². The van der Waals surface area contributed by atoms with E-state index in [2.05, 4.69) is 4.72 Å². The predicted octanol–water partition coefficient (Wildman–Crippen LogP) is 0.577. The van der Waals surface area contributed by atoms with E-state index >= 15 is 0 Å². The van der Waals surface area contributed by atoms with Gasteiger partial charge < -0.3 is 9.64 Å². The van der Waals surface area contributed by atoms with Crippen molar-refractivity contribution in [1.29, 1.82) is 0 Å². The molecule has 0 aliphatic carbocycles. The first kappa shape index (κ1) is 17.0. The number of nitrogens with one attached hydrogen (secondary N) is 2. The van der Waals surface area contributed by atoms with Crippen molar-refractivity contribution in [3.63, 3.8) is 0 Å². The Morgan fingerprint density at radius 3 is 2.67 bits per heavy atom. The van der Waals surface area contributed by atoms with E-state index in [9.17, 15) is 8.42 Å². The Hall–Kier alpha value is -0.370. The van der Waals surface area contributed by atoms with Crippen molar-refractivity contribution >= 4 is 33.2 Å². The number of ether oxygens (including phenoxy) is 1. The summed E-state index contributed by atoms with van der Waals surface area (Å²) in [6, 6.07) is 4.40. The van der Waals surface area contributed by atoms with Crippen molar-refractivity contribution in [2.75, 3.05) is 39.4 Å². The van der Waals surface area contributed by atoms with Gasteiger partial charge in [0.25, 0.3) is 0 Å². The van der Waals surface area contributed by atoms with Crippen molar-refractivity contribution in [2.24, 2.45) is 0 Å². The van der Waals surface area contributed by atoms with Gasteiger partial charge in [-0.05, 0) is 18.2 Å². The summed E-state index contributed by atoms with van der Waals surface area (Å²) in [5, 5.41) is 0.517. The zero-order valence-electron chi connectivity index (χ0n) is 11.6. The van der Waals surface area contributed by atoms with Crippen LogP contribution < -0.4 is 9.62 Å². The van der Waals surface area contributed by atoms with Crippen LogP contribution >= 0.6 is 23.2 Å². The topological polar surface area (TPSA) is 59.8 Å². The van der Waals surface area contributed by atoms with E-state index in [-0.39, 0.29) is 9.92 Å². The maximum Gasteiger partial charge on any atom is 0.242 e. The van der Waals surface area contributed by atoms with Crippen LogP contribution in [0.5, 0.6) is 0 Å². The first-order valence-corrected chi connectivity index (χ1v) is 9.09. The second-order valence-electron chi connectivity index (χ2n) is 4.94. The van der Waals surface area contributed by atoms with Crippen LogP contribution in [0.2, 0.25) is 10.0 Å². The molecule has 0 amide bonds. The average molecular weight is 354 g/mol. The fourth-order valence-electron chi connectivity index (χ4n) is 2.22. The van der Waals surface area contributed by atoms with Gasteiger partial charge in [0.2, 0.25) is 10.0 Å². The van der Waals surface area contributed by atoms with Gasteiger partial charge in [-0.15, -0.1) is 0 Å². The quantitative estimate of drug-likeness (QED) is 0.735. The van der Waals surface area contributed by atoms with E-state index in [0.29, 0.717) is 11.6 Å². The second-order valence-corrected chi connectivity index (χ2v) is 7.52. The van der Waals surface area contributed by atoms with Crippen LogP contribution in [0.25, 0.3) is 0 Å². The van der Waals surface area contributed by atoms with Gasteiger partial charge in [0.1, 0.15) is 18.0 Å². The highest BCUT2D eigenvalue weighted by Crippen LogP contribution is 2.24. The molecule has 1 saturated heterocycles. The zero-order valence-corrected chi connectivity index (χ0v) is 13.9. The SMILES string of the molecule is O=S(=O)(NCCC[NH+]1CCOCC1)c1cc(Cl)ccc1Cl. The molecule has 0 saturated carbocycles. The molecule has 0 unspecified atom stereocenters. The molecule has 5 nitrogen and oxygen atoms in total. The molecule has 21 heavy (non-hydrogen) atoms. The summed E-state index contributed by atoms with van der Waals surface area (Å²) in [5.41, 5.74) is 0. The molecule has 1 heterocycles. The predicted molar refractivity (Wildman–Crippen MR) is 82.7 cm³/mol. The molecule has 0 spiro atoms. The van der Waals surface area contributed by atoms with Crippen molar-refractivity contribution in [3.8, 4) is 0 Å². The molecule has 2 rings (SSSR count). The van der Waals surface area contributed by atoms with E-state index < -0.39 is 10.0 Å². The van der Waals surface area contributed by atoms with E-state index in [1.807, 2.05) is 0 Å². The molecule has 0 bridgehead atoms. The lowest BCUT2D eigenvalue weighted by Crippen LogP contribution is -3.14. The van der Waals surface area contributed by atoms with E-state index in [0.717, 1.165) is 39.3 Å². The first-order chi connectivity index (χ1) is 9.99. The van der Waals surface area contributed by atoms with Crippen molar-refractivity contribution in [1.82, 2.24) is 4.72 Å². The molecule has 1 aliphatic heterocycles. The summed E-state index contributed by atoms with van der Waals surface area (Å²) in [6.07, 6.45) is 0.771. The molecule has 2 N–H and O–H groups in total. The molecule has 0 aromatic heterocycles. The third-order valence-corrected chi connectivity index (χ3v) is 5.56. The number of hydrogen-bond acceptors (Lipinski definition) is 3. The minimum atomic E-state index is -3.62. The number of halogens is 2. The number of benzene rings is 1.